The molecule has 0 bridgehead atoms. The summed E-state index contributed by atoms with van der Waals surface area (Å²) in [6.07, 6.45) is 2.02. The lowest BCUT2D eigenvalue weighted by Gasteiger charge is -2.12. The van der Waals surface area contributed by atoms with Crippen LogP contribution in [0.4, 0.5) is 5.69 Å². The molecule has 0 saturated carbocycles. The molecular weight excluding hydrogens is 260 g/mol. The van der Waals surface area contributed by atoms with Crippen molar-refractivity contribution in [1.29, 1.82) is 0 Å². The number of fused-ring (bicyclic) bond motifs is 1. The Morgan fingerprint density at radius 3 is 2.84 bits per heavy atom. The highest BCUT2D eigenvalue weighted by atomic mass is 32.1. The summed E-state index contributed by atoms with van der Waals surface area (Å²) in [6, 6.07) is 0.168. The zero-order valence-electron chi connectivity index (χ0n) is 11.8. The predicted molar refractivity (Wildman–Crippen MR) is 79.6 cm³/mol. The first kappa shape index (κ1) is 13.9. The summed E-state index contributed by atoms with van der Waals surface area (Å²) in [7, 11) is 1.87. The lowest BCUT2D eigenvalue weighted by molar-refractivity contribution is 0.0943. The van der Waals surface area contributed by atoms with E-state index in [0.717, 1.165) is 28.8 Å². The molecule has 0 fully saturated rings. The minimum atomic E-state index is -0.0842. The van der Waals surface area contributed by atoms with Crippen LogP contribution >= 0.6 is 11.3 Å². The molecule has 1 atom stereocenters. The third kappa shape index (κ3) is 2.45. The first-order valence-electron chi connectivity index (χ1n) is 6.48. The molecule has 2 heterocycles. The second kappa shape index (κ2) is 5.21. The third-order valence-electron chi connectivity index (χ3n) is 3.19. The number of anilines is 1. The summed E-state index contributed by atoms with van der Waals surface area (Å²) in [4.78, 5) is 13.8. The Kier molecular flexibility index (Phi) is 3.80. The van der Waals surface area contributed by atoms with Crippen molar-refractivity contribution in [1.82, 2.24) is 15.1 Å². The molecule has 104 valence electrons. The van der Waals surface area contributed by atoms with E-state index < -0.39 is 0 Å². The van der Waals surface area contributed by atoms with E-state index in [9.17, 15) is 4.79 Å². The van der Waals surface area contributed by atoms with Crippen LogP contribution in [-0.2, 0) is 7.05 Å². The molecule has 19 heavy (non-hydrogen) atoms. The molecule has 1 amide bonds. The normalized spacial score (nSPS) is 12.8. The van der Waals surface area contributed by atoms with Gasteiger partial charge in [0.05, 0.1) is 16.8 Å². The average molecular weight is 280 g/mol. The monoisotopic (exact) mass is 280 g/mol. The number of nitrogens with two attached hydrogens (primary N) is 1. The summed E-state index contributed by atoms with van der Waals surface area (Å²) >= 11 is 1.40. The summed E-state index contributed by atoms with van der Waals surface area (Å²) in [5, 5.41) is 8.21. The van der Waals surface area contributed by atoms with Crippen LogP contribution in [0.3, 0.4) is 0 Å². The van der Waals surface area contributed by atoms with E-state index in [4.69, 9.17) is 5.73 Å². The first-order chi connectivity index (χ1) is 8.95. The molecule has 1 unspecified atom stereocenters. The number of rotatable bonds is 4. The van der Waals surface area contributed by atoms with Gasteiger partial charge in [0.15, 0.2) is 0 Å². The highest BCUT2D eigenvalue weighted by Gasteiger charge is 2.21. The average Bonchev–Trinajstić information content (AvgIpc) is 2.79. The van der Waals surface area contributed by atoms with Crippen molar-refractivity contribution >= 4 is 33.1 Å². The van der Waals surface area contributed by atoms with E-state index in [1.54, 1.807) is 4.68 Å². The van der Waals surface area contributed by atoms with Gasteiger partial charge in [-0.15, -0.1) is 11.3 Å². The van der Waals surface area contributed by atoms with E-state index >= 15 is 0 Å². The Morgan fingerprint density at radius 2 is 2.26 bits per heavy atom. The van der Waals surface area contributed by atoms with Gasteiger partial charge < -0.3 is 11.1 Å². The minimum Gasteiger partial charge on any atom is -0.397 e. The summed E-state index contributed by atoms with van der Waals surface area (Å²) in [6.45, 7) is 6.02. The van der Waals surface area contributed by atoms with Gasteiger partial charge in [-0.2, -0.15) is 5.10 Å². The second-order valence-electron chi connectivity index (χ2n) is 4.90. The fraction of sp³-hybridized carbons (Fsp3) is 0.538. The van der Waals surface area contributed by atoms with Crippen LogP contribution in [0.5, 0.6) is 0 Å². The van der Waals surface area contributed by atoms with Gasteiger partial charge in [-0.3, -0.25) is 9.48 Å². The van der Waals surface area contributed by atoms with E-state index in [0.29, 0.717) is 10.6 Å². The van der Waals surface area contributed by atoms with Gasteiger partial charge in [0, 0.05) is 13.1 Å². The van der Waals surface area contributed by atoms with Crippen LogP contribution in [0.2, 0.25) is 0 Å². The summed E-state index contributed by atoms with van der Waals surface area (Å²) in [5.41, 5.74) is 7.52. The molecule has 0 aliphatic carbocycles. The Hall–Kier alpha value is -1.56. The highest BCUT2D eigenvalue weighted by molar-refractivity contribution is 7.21. The Bertz CT molecular complexity index is 614. The fourth-order valence-corrected chi connectivity index (χ4v) is 3.38. The second-order valence-corrected chi connectivity index (χ2v) is 5.90. The molecule has 6 heteroatoms. The quantitative estimate of drug-likeness (QED) is 0.903. The molecule has 0 radical (unpaired) electrons. The molecule has 2 rings (SSSR count). The fourth-order valence-electron chi connectivity index (χ4n) is 2.29. The molecule has 0 saturated heterocycles. The van der Waals surface area contributed by atoms with Crippen molar-refractivity contribution in [3.8, 4) is 0 Å². The maximum atomic E-state index is 12.2. The number of hydrogen-bond acceptors (Lipinski definition) is 4. The van der Waals surface area contributed by atoms with Gasteiger partial charge >= 0.3 is 0 Å². The highest BCUT2D eigenvalue weighted by Crippen LogP contribution is 2.35. The predicted octanol–water partition coefficient (Wildman–Crippen LogP) is 2.44. The van der Waals surface area contributed by atoms with Gasteiger partial charge in [0.1, 0.15) is 9.71 Å². The van der Waals surface area contributed by atoms with Crippen LogP contribution in [0.25, 0.3) is 10.2 Å². The largest absolute Gasteiger partial charge is 0.397 e. The molecule has 0 aromatic carbocycles. The van der Waals surface area contributed by atoms with Gasteiger partial charge in [-0.25, -0.2) is 0 Å². The maximum absolute atomic E-state index is 12.2. The van der Waals surface area contributed by atoms with Crippen LogP contribution in [0, 0.1) is 6.92 Å². The van der Waals surface area contributed by atoms with E-state index in [1.165, 1.54) is 11.3 Å². The van der Waals surface area contributed by atoms with Crippen molar-refractivity contribution in [2.75, 3.05) is 5.73 Å². The number of aromatic nitrogens is 2. The number of nitrogen functional groups attached to an aromatic ring is 1. The molecule has 2 aromatic heterocycles. The van der Waals surface area contributed by atoms with Gasteiger partial charge in [-0.1, -0.05) is 13.3 Å². The van der Waals surface area contributed by atoms with Crippen molar-refractivity contribution in [3.63, 3.8) is 0 Å². The third-order valence-corrected chi connectivity index (χ3v) is 4.46. The zero-order chi connectivity index (χ0) is 14.2. The molecule has 3 N–H and O–H groups in total. The SMILES string of the molecule is CCCC(C)NC(=O)c1sc2c(c(C)nn2C)c1N. The van der Waals surface area contributed by atoms with Crippen LogP contribution in [-0.4, -0.2) is 21.7 Å². The number of thiophene rings is 1. The Labute approximate surface area is 116 Å². The lowest BCUT2D eigenvalue weighted by atomic mass is 10.2. The Morgan fingerprint density at radius 1 is 1.58 bits per heavy atom. The van der Waals surface area contributed by atoms with E-state index in [1.807, 2.05) is 20.9 Å². The van der Waals surface area contributed by atoms with Gasteiger partial charge in [0.2, 0.25) is 0 Å². The molecule has 0 aliphatic rings. The van der Waals surface area contributed by atoms with Crippen molar-refractivity contribution in [2.24, 2.45) is 7.05 Å². The summed E-state index contributed by atoms with van der Waals surface area (Å²) < 4.78 is 1.78. The molecular formula is C13H20N4OS. The summed E-state index contributed by atoms with van der Waals surface area (Å²) in [5.74, 6) is -0.0842. The van der Waals surface area contributed by atoms with E-state index in [-0.39, 0.29) is 11.9 Å². The van der Waals surface area contributed by atoms with E-state index in [2.05, 4.69) is 17.3 Å². The van der Waals surface area contributed by atoms with Crippen LogP contribution in [0.1, 0.15) is 42.1 Å². The number of carbonyl (C=O) groups excluding carboxylic acids is 1. The van der Waals surface area contributed by atoms with Crippen molar-refractivity contribution in [3.05, 3.63) is 10.6 Å². The first-order valence-corrected chi connectivity index (χ1v) is 7.29. The van der Waals surface area contributed by atoms with Gasteiger partial charge in [0.25, 0.3) is 5.91 Å². The molecule has 0 aliphatic heterocycles. The number of aryl methyl sites for hydroxylation is 2. The van der Waals surface area contributed by atoms with Crippen molar-refractivity contribution in [2.45, 2.75) is 39.7 Å². The smallest absolute Gasteiger partial charge is 0.263 e. The molecule has 0 spiro atoms. The standard InChI is InChI=1S/C13H20N4OS/c1-5-6-7(2)15-12(18)11-10(14)9-8(3)16-17(4)13(9)19-11/h7H,5-6,14H2,1-4H3,(H,15,18). The number of carbonyl (C=O) groups is 1. The van der Waals surface area contributed by atoms with Crippen molar-refractivity contribution < 1.29 is 4.79 Å². The lowest BCUT2D eigenvalue weighted by Crippen LogP contribution is -2.32. The molecule has 2 aromatic rings. The number of nitrogens with zero attached hydrogens (tertiary/aromatic N) is 2. The topological polar surface area (TPSA) is 72.9 Å². The minimum absolute atomic E-state index is 0.0842. The molecule has 5 nitrogen and oxygen atoms in total. The van der Waals surface area contributed by atoms with Crippen LogP contribution < -0.4 is 11.1 Å². The van der Waals surface area contributed by atoms with Gasteiger partial charge in [-0.05, 0) is 20.3 Å². The maximum Gasteiger partial charge on any atom is 0.263 e. The number of nitrogens with one attached hydrogen (secondary N) is 1. The van der Waals surface area contributed by atoms with Crippen LogP contribution in [0.15, 0.2) is 0 Å². The Balaban J connectivity index is 2.33. The number of amides is 1. The number of hydrogen-bond donors (Lipinski definition) is 2. The zero-order valence-corrected chi connectivity index (χ0v) is 12.6.